The molecule has 0 bridgehead atoms. The predicted octanol–water partition coefficient (Wildman–Crippen LogP) is 3.40. The van der Waals surface area contributed by atoms with Crippen LogP contribution < -0.4 is 25.3 Å². The van der Waals surface area contributed by atoms with E-state index >= 15 is 0 Å². The molecular formula is C27H29FN2O5. The van der Waals surface area contributed by atoms with E-state index in [-0.39, 0.29) is 12.4 Å². The smallest absolute Gasteiger partial charge is 0.249 e. The second-order valence-corrected chi connectivity index (χ2v) is 7.77. The van der Waals surface area contributed by atoms with Gasteiger partial charge in [0.1, 0.15) is 35.8 Å². The Balaban J connectivity index is 1.52. The fourth-order valence-corrected chi connectivity index (χ4v) is 3.38. The maximum atomic E-state index is 13.1. The molecule has 3 aromatic rings. The molecule has 1 unspecified atom stereocenters. The van der Waals surface area contributed by atoms with Gasteiger partial charge in [-0.05, 0) is 47.5 Å². The van der Waals surface area contributed by atoms with E-state index in [4.69, 9.17) is 19.9 Å². The summed E-state index contributed by atoms with van der Waals surface area (Å²) >= 11 is 0. The van der Waals surface area contributed by atoms with E-state index < -0.39 is 12.0 Å². The number of methoxy groups -OCH3 is 2. The maximum absolute atomic E-state index is 13.1. The minimum atomic E-state index is -0.738. The molecule has 0 aromatic heterocycles. The quantitative estimate of drug-likeness (QED) is 0.271. The number of benzene rings is 3. The molecule has 1 atom stereocenters. The predicted molar refractivity (Wildman–Crippen MR) is 133 cm³/mol. The van der Waals surface area contributed by atoms with Crippen LogP contribution in [0.2, 0.25) is 0 Å². The summed E-state index contributed by atoms with van der Waals surface area (Å²) in [4.78, 5) is 11.9. The number of amides is 1. The lowest BCUT2D eigenvalue weighted by molar-refractivity contribution is -0.112. The van der Waals surface area contributed by atoms with Crippen LogP contribution in [0.5, 0.6) is 17.2 Å². The first-order valence-corrected chi connectivity index (χ1v) is 11.0. The number of nitrogens with two attached hydrogens (primary N) is 1. The number of aliphatic hydroxyl groups is 1. The van der Waals surface area contributed by atoms with Gasteiger partial charge in [0.25, 0.3) is 0 Å². The number of ether oxygens (including phenoxy) is 3. The summed E-state index contributed by atoms with van der Waals surface area (Å²) in [6.45, 7) is 0.912. The highest BCUT2D eigenvalue weighted by Crippen LogP contribution is 2.24. The SMILES string of the molecule is COc1ccc(CNCC(O)COc2ccc(/C(=C/c3ccc(F)cc3)C(N)=O)cc2)c(OC)c1. The molecule has 0 aliphatic rings. The van der Waals surface area contributed by atoms with Crippen molar-refractivity contribution in [1.29, 1.82) is 0 Å². The molecule has 0 heterocycles. The Morgan fingerprint density at radius 1 is 1.03 bits per heavy atom. The number of halogens is 1. The minimum absolute atomic E-state index is 0.0835. The molecule has 7 nitrogen and oxygen atoms in total. The van der Waals surface area contributed by atoms with Crippen LogP contribution in [-0.4, -0.2) is 44.5 Å². The molecule has 1 amide bonds. The zero-order chi connectivity index (χ0) is 25.2. The Labute approximate surface area is 203 Å². The molecule has 3 rings (SSSR count). The Kier molecular flexibility index (Phi) is 9.23. The van der Waals surface area contributed by atoms with Gasteiger partial charge in [-0.2, -0.15) is 0 Å². The first kappa shape index (κ1) is 25.7. The summed E-state index contributed by atoms with van der Waals surface area (Å²) < 4.78 is 29.4. The molecule has 0 fully saturated rings. The molecule has 0 aliphatic carbocycles. The highest BCUT2D eigenvalue weighted by Gasteiger charge is 2.11. The summed E-state index contributed by atoms with van der Waals surface area (Å²) in [5.41, 5.74) is 8.03. The minimum Gasteiger partial charge on any atom is -0.497 e. The lowest BCUT2D eigenvalue weighted by Crippen LogP contribution is -2.31. The number of nitrogens with one attached hydrogen (secondary N) is 1. The van der Waals surface area contributed by atoms with E-state index in [1.807, 2.05) is 12.1 Å². The summed E-state index contributed by atoms with van der Waals surface area (Å²) in [5.74, 6) is 0.987. The number of primary amides is 1. The van der Waals surface area contributed by atoms with E-state index in [0.29, 0.717) is 47.0 Å². The molecule has 0 spiro atoms. The van der Waals surface area contributed by atoms with Crippen LogP contribution in [0, 0.1) is 5.82 Å². The van der Waals surface area contributed by atoms with Crippen molar-refractivity contribution in [3.05, 3.63) is 89.2 Å². The highest BCUT2D eigenvalue weighted by molar-refractivity contribution is 6.23. The van der Waals surface area contributed by atoms with Gasteiger partial charge in [0, 0.05) is 30.3 Å². The van der Waals surface area contributed by atoms with E-state index in [1.54, 1.807) is 62.8 Å². The van der Waals surface area contributed by atoms with Gasteiger partial charge in [-0.3, -0.25) is 4.79 Å². The van der Waals surface area contributed by atoms with Crippen molar-refractivity contribution < 1.29 is 28.5 Å². The first-order valence-electron chi connectivity index (χ1n) is 11.0. The zero-order valence-corrected chi connectivity index (χ0v) is 19.7. The Bertz CT molecular complexity index is 1150. The molecule has 0 saturated heterocycles. The van der Waals surface area contributed by atoms with Crippen LogP contribution in [0.1, 0.15) is 16.7 Å². The first-order chi connectivity index (χ1) is 16.9. The number of carbonyl (C=O) groups excluding carboxylic acids is 1. The van der Waals surface area contributed by atoms with Crippen molar-refractivity contribution >= 4 is 17.6 Å². The van der Waals surface area contributed by atoms with Gasteiger partial charge in [-0.15, -0.1) is 0 Å². The van der Waals surface area contributed by atoms with Gasteiger partial charge in [0.05, 0.1) is 14.2 Å². The second kappa shape index (κ2) is 12.5. The molecule has 35 heavy (non-hydrogen) atoms. The average Bonchev–Trinajstić information content (AvgIpc) is 2.87. The zero-order valence-electron chi connectivity index (χ0n) is 19.7. The molecule has 0 saturated carbocycles. The fraction of sp³-hybridized carbons (Fsp3) is 0.222. The van der Waals surface area contributed by atoms with Crippen molar-refractivity contribution in [3.63, 3.8) is 0 Å². The third-order valence-corrected chi connectivity index (χ3v) is 5.24. The monoisotopic (exact) mass is 480 g/mol. The van der Waals surface area contributed by atoms with Crippen molar-refractivity contribution in [3.8, 4) is 17.2 Å². The third kappa shape index (κ3) is 7.56. The van der Waals surface area contributed by atoms with Crippen LogP contribution in [0.15, 0.2) is 66.7 Å². The van der Waals surface area contributed by atoms with Crippen LogP contribution in [0.4, 0.5) is 4.39 Å². The molecule has 4 N–H and O–H groups in total. The highest BCUT2D eigenvalue weighted by atomic mass is 19.1. The Morgan fingerprint density at radius 3 is 2.34 bits per heavy atom. The van der Waals surface area contributed by atoms with E-state index in [1.165, 1.54) is 12.1 Å². The molecular weight excluding hydrogens is 451 g/mol. The molecule has 0 aliphatic heterocycles. The number of hydrogen-bond donors (Lipinski definition) is 3. The number of carbonyl (C=O) groups is 1. The van der Waals surface area contributed by atoms with Gasteiger partial charge in [0.15, 0.2) is 0 Å². The fourth-order valence-electron chi connectivity index (χ4n) is 3.38. The summed E-state index contributed by atoms with van der Waals surface area (Å²) in [6, 6.07) is 18.1. The van der Waals surface area contributed by atoms with Gasteiger partial charge < -0.3 is 30.4 Å². The lowest BCUT2D eigenvalue weighted by Gasteiger charge is -2.15. The summed E-state index contributed by atoms with van der Waals surface area (Å²) in [6.07, 6.45) is 0.865. The Hall–Kier alpha value is -3.88. The largest absolute Gasteiger partial charge is 0.497 e. The van der Waals surface area contributed by atoms with E-state index in [9.17, 15) is 14.3 Å². The van der Waals surface area contributed by atoms with Crippen molar-refractivity contribution in [2.45, 2.75) is 12.6 Å². The third-order valence-electron chi connectivity index (χ3n) is 5.24. The molecule has 184 valence electrons. The lowest BCUT2D eigenvalue weighted by atomic mass is 10.0. The van der Waals surface area contributed by atoms with Crippen molar-refractivity contribution in [1.82, 2.24) is 5.32 Å². The second-order valence-electron chi connectivity index (χ2n) is 7.77. The van der Waals surface area contributed by atoms with Gasteiger partial charge in [-0.25, -0.2) is 4.39 Å². The van der Waals surface area contributed by atoms with Crippen LogP contribution in [-0.2, 0) is 11.3 Å². The van der Waals surface area contributed by atoms with Crippen LogP contribution >= 0.6 is 0 Å². The standard InChI is InChI=1S/C27H29FN2O5/c1-33-24-12-7-20(26(14-24)34-2)15-30-16-22(31)17-35-23-10-5-19(6-11-23)25(27(29)32)13-18-3-8-21(28)9-4-18/h3-14,22,30-31H,15-17H2,1-2H3,(H2,29,32)/b25-13-. The van der Waals surface area contributed by atoms with Gasteiger partial charge in [0.2, 0.25) is 5.91 Å². The Morgan fingerprint density at radius 2 is 1.71 bits per heavy atom. The molecule has 8 heteroatoms. The topological polar surface area (TPSA) is 103 Å². The number of aliphatic hydroxyl groups excluding tert-OH is 1. The molecule has 0 radical (unpaired) electrons. The van der Waals surface area contributed by atoms with Crippen LogP contribution in [0.25, 0.3) is 11.6 Å². The number of rotatable bonds is 12. The maximum Gasteiger partial charge on any atom is 0.249 e. The van der Waals surface area contributed by atoms with E-state index in [0.717, 1.165) is 5.56 Å². The van der Waals surface area contributed by atoms with Crippen molar-refractivity contribution in [2.24, 2.45) is 5.73 Å². The van der Waals surface area contributed by atoms with E-state index in [2.05, 4.69) is 5.32 Å². The molecule has 3 aromatic carbocycles. The van der Waals surface area contributed by atoms with Gasteiger partial charge >= 0.3 is 0 Å². The summed E-state index contributed by atoms with van der Waals surface area (Å²) in [7, 11) is 3.19. The van der Waals surface area contributed by atoms with Crippen LogP contribution in [0.3, 0.4) is 0 Å². The summed E-state index contributed by atoms with van der Waals surface area (Å²) in [5, 5.41) is 13.4. The number of hydrogen-bond acceptors (Lipinski definition) is 6. The van der Waals surface area contributed by atoms with Gasteiger partial charge in [-0.1, -0.05) is 30.3 Å². The normalized spacial score (nSPS) is 12.2. The van der Waals surface area contributed by atoms with Crippen molar-refractivity contribution in [2.75, 3.05) is 27.4 Å². The average molecular weight is 481 g/mol.